The first-order valence-corrected chi connectivity index (χ1v) is 8.28. The van der Waals surface area contributed by atoms with Gasteiger partial charge in [0.15, 0.2) is 0 Å². The number of carbonyl (C=O) groups is 2. The van der Waals surface area contributed by atoms with Crippen LogP contribution in [0.1, 0.15) is 65.7 Å². The molecule has 0 aromatic heterocycles. The second-order valence-corrected chi connectivity index (χ2v) is 7.56. The highest BCUT2D eigenvalue weighted by Crippen LogP contribution is 2.26. The van der Waals surface area contributed by atoms with E-state index in [1.807, 2.05) is 0 Å². The summed E-state index contributed by atoms with van der Waals surface area (Å²) in [5, 5.41) is 13.3. The van der Waals surface area contributed by atoms with Gasteiger partial charge in [-0.1, -0.05) is 40.0 Å². The van der Waals surface area contributed by atoms with Crippen molar-refractivity contribution in [2.24, 2.45) is 11.3 Å². The van der Waals surface area contributed by atoms with Gasteiger partial charge >= 0.3 is 5.97 Å². The van der Waals surface area contributed by atoms with Crippen molar-refractivity contribution < 1.29 is 19.4 Å². The SMILES string of the molecule is COC(=O)CC(O)C(CC(C)(C)C)NC(=O)C1CCCCC1. The maximum absolute atomic E-state index is 12.4. The highest BCUT2D eigenvalue weighted by Gasteiger charge is 2.31. The summed E-state index contributed by atoms with van der Waals surface area (Å²) in [5.41, 5.74) is -0.0540. The molecule has 1 aliphatic rings. The van der Waals surface area contributed by atoms with Crippen molar-refractivity contribution in [3.8, 4) is 0 Å². The van der Waals surface area contributed by atoms with Gasteiger partial charge in [-0.15, -0.1) is 0 Å². The van der Waals surface area contributed by atoms with Crippen molar-refractivity contribution >= 4 is 11.9 Å². The third-order valence-corrected chi connectivity index (χ3v) is 4.20. The van der Waals surface area contributed by atoms with Crippen LogP contribution in [0.15, 0.2) is 0 Å². The zero-order chi connectivity index (χ0) is 16.8. The lowest BCUT2D eigenvalue weighted by Gasteiger charge is -2.32. The Morgan fingerprint density at radius 1 is 1.23 bits per heavy atom. The first-order chi connectivity index (χ1) is 10.2. The zero-order valence-electron chi connectivity index (χ0n) is 14.4. The summed E-state index contributed by atoms with van der Waals surface area (Å²) < 4.78 is 4.61. The number of aliphatic hydroxyl groups excluding tert-OH is 1. The number of amides is 1. The predicted molar refractivity (Wildman–Crippen MR) is 85.2 cm³/mol. The molecule has 0 aromatic rings. The van der Waals surface area contributed by atoms with Gasteiger partial charge in [-0.2, -0.15) is 0 Å². The van der Waals surface area contributed by atoms with Crippen LogP contribution < -0.4 is 5.32 Å². The van der Waals surface area contributed by atoms with Gasteiger partial charge in [-0.3, -0.25) is 9.59 Å². The van der Waals surface area contributed by atoms with Gasteiger partial charge in [0, 0.05) is 5.92 Å². The molecule has 0 saturated heterocycles. The average Bonchev–Trinajstić information content (AvgIpc) is 2.45. The molecule has 22 heavy (non-hydrogen) atoms. The van der Waals surface area contributed by atoms with E-state index in [-0.39, 0.29) is 23.7 Å². The Balaban J connectivity index is 2.67. The van der Waals surface area contributed by atoms with Crippen molar-refractivity contribution in [3.05, 3.63) is 0 Å². The van der Waals surface area contributed by atoms with E-state index in [1.165, 1.54) is 13.5 Å². The molecule has 1 saturated carbocycles. The maximum atomic E-state index is 12.4. The van der Waals surface area contributed by atoms with Crippen LogP contribution in [0.5, 0.6) is 0 Å². The van der Waals surface area contributed by atoms with Crippen LogP contribution in [-0.4, -0.2) is 36.2 Å². The fraction of sp³-hybridized carbons (Fsp3) is 0.882. The fourth-order valence-electron chi connectivity index (χ4n) is 3.00. The Hall–Kier alpha value is -1.10. The van der Waals surface area contributed by atoms with E-state index in [9.17, 15) is 14.7 Å². The first kappa shape index (κ1) is 18.9. The summed E-state index contributed by atoms with van der Waals surface area (Å²) in [4.78, 5) is 23.8. The van der Waals surface area contributed by atoms with E-state index in [2.05, 4.69) is 30.8 Å². The Kier molecular flexibility index (Phi) is 7.33. The molecular formula is C17H31NO4. The largest absolute Gasteiger partial charge is 0.469 e. The molecule has 0 bridgehead atoms. The number of aliphatic hydroxyl groups is 1. The van der Waals surface area contributed by atoms with Crippen molar-refractivity contribution in [3.63, 3.8) is 0 Å². The third-order valence-electron chi connectivity index (χ3n) is 4.20. The van der Waals surface area contributed by atoms with Crippen LogP contribution in [-0.2, 0) is 14.3 Å². The van der Waals surface area contributed by atoms with Crippen molar-refractivity contribution in [2.45, 2.75) is 77.9 Å². The van der Waals surface area contributed by atoms with Crippen molar-refractivity contribution in [1.82, 2.24) is 5.32 Å². The summed E-state index contributed by atoms with van der Waals surface area (Å²) >= 11 is 0. The molecule has 1 aliphatic carbocycles. The highest BCUT2D eigenvalue weighted by molar-refractivity contribution is 5.79. The molecule has 2 atom stereocenters. The number of carbonyl (C=O) groups excluding carboxylic acids is 2. The number of hydrogen-bond donors (Lipinski definition) is 2. The smallest absolute Gasteiger partial charge is 0.308 e. The number of methoxy groups -OCH3 is 1. The number of esters is 1. The number of hydrogen-bond acceptors (Lipinski definition) is 4. The van der Waals surface area contributed by atoms with E-state index in [4.69, 9.17) is 0 Å². The second-order valence-electron chi connectivity index (χ2n) is 7.56. The third kappa shape index (κ3) is 6.77. The standard InChI is InChI=1S/C17H31NO4/c1-17(2,3)11-13(14(19)10-15(20)22-4)18-16(21)12-8-6-5-7-9-12/h12-14,19H,5-11H2,1-4H3,(H,18,21). The quantitative estimate of drug-likeness (QED) is 0.738. The molecule has 5 heteroatoms. The fourth-order valence-corrected chi connectivity index (χ4v) is 3.00. The van der Waals surface area contributed by atoms with E-state index in [0.717, 1.165) is 25.7 Å². The van der Waals surface area contributed by atoms with Gasteiger partial charge in [-0.25, -0.2) is 0 Å². The van der Waals surface area contributed by atoms with Gasteiger partial charge < -0.3 is 15.2 Å². The molecule has 128 valence electrons. The number of rotatable bonds is 6. The van der Waals surface area contributed by atoms with E-state index >= 15 is 0 Å². The molecule has 0 aliphatic heterocycles. The Bertz CT molecular complexity index is 369. The Morgan fingerprint density at radius 2 is 1.82 bits per heavy atom. The lowest BCUT2D eigenvalue weighted by molar-refractivity contribution is -0.144. The minimum absolute atomic E-state index is 0.0119. The monoisotopic (exact) mass is 313 g/mol. The highest BCUT2D eigenvalue weighted by atomic mass is 16.5. The Labute approximate surface area is 133 Å². The minimum atomic E-state index is -0.917. The van der Waals surface area contributed by atoms with Crippen molar-refractivity contribution in [1.29, 1.82) is 0 Å². The second kappa shape index (κ2) is 8.51. The van der Waals surface area contributed by atoms with E-state index in [0.29, 0.717) is 6.42 Å². The molecule has 0 aromatic carbocycles. The molecule has 1 amide bonds. The number of ether oxygens (including phenoxy) is 1. The van der Waals surface area contributed by atoms with Crippen LogP contribution in [0.25, 0.3) is 0 Å². The number of nitrogens with one attached hydrogen (secondary N) is 1. The molecule has 0 radical (unpaired) electrons. The average molecular weight is 313 g/mol. The van der Waals surface area contributed by atoms with Gasteiger partial charge in [0.1, 0.15) is 0 Å². The summed E-state index contributed by atoms with van der Waals surface area (Å²) in [5.74, 6) is -0.405. The van der Waals surface area contributed by atoms with E-state index in [1.54, 1.807) is 0 Å². The van der Waals surface area contributed by atoms with Crippen LogP contribution in [0.2, 0.25) is 0 Å². The first-order valence-electron chi connectivity index (χ1n) is 8.28. The summed E-state index contributed by atoms with van der Waals surface area (Å²) in [7, 11) is 1.30. The molecule has 0 spiro atoms. The molecule has 2 unspecified atom stereocenters. The predicted octanol–water partition coefficient (Wildman–Crippen LogP) is 2.41. The van der Waals surface area contributed by atoms with Crippen LogP contribution in [0.4, 0.5) is 0 Å². The van der Waals surface area contributed by atoms with Gasteiger partial charge in [0.2, 0.25) is 5.91 Å². The molecular weight excluding hydrogens is 282 g/mol. The zero-order valence-corrected chi connectivity index (χ0v) is 14.4. The van der Waals surface area contributed by atoms with Crippen LogP contribution >= 0.6 is 0 Å². The molecule has 0 heterocycles. The van der Waals surface area contributed by atoms with Crippen molar-refractivity contribution in [2.75, 3.05) is 7.11 Å². The minimum Gasteiger partial charge on any atom is -0.469 e. The summed E-state index contributed by atoms with van der Waals surface area (Å²) in [6.45, 7) is 6.16. The molecule has 5 nitrogen and oxygen atoms in total. The summed E-state index contributed by atoms with van der Waals surface area (Å²) in [6.07, 6.45) is 4.81. The lowest BCUT2D eigenvalue weighted by Crippen LogP contribution is -2.48. The van der Waals surface area contributed by atoms with Gasteiger partial charge in [0.25, 0.3) is 0 Å². The molecule has 1 rings (SSSR count). The maximum Gasteiger partial charge on any atom is 0.308 e. The van der Waals surface area contributed by atoms with Gasteiger partial charge in [0.05, 0.1) is 25.7 Å². The van der Waals surface area contributed by atoms with Crippen LogP contribution in [0, 0.1) is 11.3 Å². The van der Waals surface area contributed by atoms with E-state index < -0.39 is 18.1 Å². The van der Waals surface area contributed by atoms with Crippen LogP contribution in [0.3, 0.4) is 0 Å². The normalized spacial score (nSPS) is 19.3. The molecule has 2 N–H and O–H groups in total. The lowest BCUT2D eigenvalue weighted by atomic mass is 9.84. The topological polar surface area (TPSA) is 75.6 Å². The molecule has 1 fully saturated rings. The summed E-state index contributed by atoms with van der Waals surface area (Å²) in [6, 6.07) is -0.423. The van der Waals surface area contributed by atoms with Gasteiger partial charge in [-0.05, 0) is 24.7 Å². The Morgan fingerprint density at radius 3 is 2.32 bits per heavy atom.